The van der Waals surface area contributed by atoms with Crippen molar-refractivity contribution in [2.45, 2.75) is 39.3 Å². The van der Waals surface area contributed by atoms with Crippen molar-refractivity contribution in [1.82, 2.24) is 10.6 Å². The molecule has 0 aliphatic heterocycles. The lowest BCUT2D eigenvalue weighted by Gasteiger charge is -2.18. The number of nitrogens with one attached hydrogen (secondary N) is 2. The molecular formula is C20H30IN3O2S. The van der Waals surface area contributed by atoms with Gasteiger partial charge in [0.15, 0.2) is 5.96 Å². The van der Waals surface area contributed by atoms with Gasteiger partial charge >= 0.3 is 0 Å². The van der Waals surface area contributed by atoms with Crippen LogP contribution in [0, 0.1) is 6.92 Å². The molecule has 27 heavy (non-hydrogen) atoms. The Balaban J connectivity index is 0.00000364. The largest absolute Gasteiger partial charge is 0.497 e. The van der Waals surface area contributed by atoms with Crippen LogP contribution in [0.5, 0.6) is 5.75 Å². The highest BCUT2D eigenvalue weighted by atomic mass is 127. The van der Waals surface area contributed by atoms with Gasteiger partial charge in [0.25, 0.3) is 0 Å². The topological polar surface area (TPSA) is 65.9 Å². The smallest absolute Gasteiger partial charge is 0.191 e. The molecule has 0 amide bonds. The highest BCUT2D eigenvalue weighted by molar-refractivity contribution is 14.0. The number of aliphatic imine (C=N–C) groups is 1. The van der Waals surface area contributed by atoms with Crippen LogP contribution >= 0.6 is 35.3 Å². The standard InChI is InChI=1S/C20H29N3O2S.HI/c1-5-21-20(23-14(2)12-18-11-6-15(3)26-18)22-13-19(24)16-7-9-17(25-4)10-8-16;/h6-11,14,19,24H,5,12-13H2,1-4H3,(H2,21,22,23);1H. The number of hydrogen-bond donors (Lipinski definition) is 3. The van der Waals surface area contributed by atoms with E-state index in [1.165, 1.54) is 9.75 Å². The molecule has 1 aromatic heterocycles. The fourth-order valence-electron chi connectivity index (χ4n) is 2.61. The normalized spacial score (nSPS) is 13.4. The second kappa shape index (κ2) is 12.2. The first-order chi connectivity index (χ1) is 12.5. The summed E-state index contributed by atoms with van der Waals surface area (Å²) in [5.74, 6) is 1.50. The van der Waals surface area contributed by atoms with Crippen molar-refractivity contribution in [3.8, 4) is 5.75 Å². The van der Waals surface area contributed by atoms with Gasteiger partial charge in [0, 0.05) is 28.8 Å². The Labute approximate surface area is 183 Å². The maximum absolute atomic E-state index is 10.4. The number of ether oxygens (including phenoxy) is 1. The van der Waals surface area contributed by atoms with Gasteiger partial charge in [-0.2, -0.15) is 0 Å². The van der Waals surface area contributed by atoms with Crippen LogP contribution in [0.25, 0.3) is 0 Å². The van der Waals surface area contributed by atoms with Crippen LogP contribution in [0.3, 0.4) is 0 Å². The third-order valence-electron chi connectivity index (χ3n) is 3.95. The SMILES string of the molecule is CCNC(=NCC(O)c1ccc(OC)cc1)NC(C)Cc1ccc(C)s1.I. The monoisotopic (exact) mass is 503 g/mol. The summed E-state index contributed by atoms with van der Waals surface area (Å²) in [7, 11) is 1.63. The Bertz CT molecular complexity index is 704. The van der Waals surface area contributed by atoms with E-state index in [1.807, 2.05) is 42.5 Å². The van der Waals surface area contributed by atoms with Crippen molar-refractivity contribution < 1.29 is 9.84 Å². The third-order valence-corrected chi connectivity index (χ3v) is 4.98. The molecule has 0 radical (unpaired) electrons. The van der Waals surface area contributed by atoms with Gasteiger partial charge in [0.2, 0.25) is 0 Å². The summed E-state index contributed by atoms with van der Waals surface area (Å²) in [6.45, 7) is 7.37. The molecule has 2 aromatic rings. The molecule has 1 aromatic carbocycles. The maximum Gasteiger partial charge on any atom is 0.191 e. The number of halogens is 1. The highest BCUT2D eigenvalue weighted by Gasteiger charge is 2.10. The van der Waals surface area contributed by atoms with E-state index in [0.29, 0.717) is 6.54 Å². The summed E-state index contributed by atoms with van der Waals surface area (Å²) in [6, 6.07) is 12.0. The van der Waals surface area contributed by atoms with Gasteiger partial charge in [-0.15, -0.1) is 35.3 Å². The number of methoxy groups -OCH3 is 1. The second-order valence-electron chi connectivity index (χ2n) is 6.27. The first-order valence-corrected chi connectivity index (χ1v) is 9.75. The number of thiophene rings is 1. The first kappa shape index (κ1) is 23.7. The number of aryl methyl sites for hydroxylation is 1. The van der Waals surface area contributed by atoms with E-state index < -0.39 is 6.10 Å². The zero-order valence-corrected chi connectivity index (χ0v) is 19.5. The average molecular weight is 503 g/mol. The van der Waals surface area contributed by atoms with E-state index in [4.69, 9.17) is 4.74 Å². The molecule has 2 atom stereocenters. The lowest BCUT2D eigenvalue weighted by atomic mass is 10.1. The van der Waals surface area contributed by atoms with E-state index in [9.17, 15) is 5.11 Å². The van der Waals surface area contributed by atoms with Crippen molar-refractivity contribution in [3.63, 3.8) is 0 Å². The lowest BCUT2D eigenvalue weighted by Crippen LogP contribution is -2.43. The molecule has 1 heterocycles. The van der Waals surface area contributed by atoms with E-state index in [-0.39, 0.29) is 30.0 Å². The Morgan fingerprint density at radius 1 is 1.22 bits per heavy atom. The summed E-state index contributed by atoms with van der Waals surface area (Å²) in [5, 5.41) is 17.0. The number of nitrogens with zero attached hydrogens (tertiary/aromatic N) is 1. The van der Waals surface area contributed by atoms with Crippen molar-refractivity contribution >= 4 is 41.3 Å². The van der Waals surface area contributed by atoms with Crippen LogP contribution < -0.4 is 15.4 Å². The van der Waals surface area contributed by atoms with Gasteiger partial charge in [-0.3, -0.25) is 4.99 Å². The first-order valence-electron chi connectivity index (χ1n) is 8.94. The fraction of sp³-hybridized carbons (Fsp3) is 0.450. The molecule has 0 bridgehead atoms. The summed E-state index contributed by atoms with van der Waals surface area (Å²) in [5.41, 5.74) is 0.826. The van der Waals surface area contributed by atoms with E-state index >= 15 is 0 Å². The maximum atomic E-state index is 10.4. The molecule has 5 nitrogen and oxygen atoms in total. The molecule has 3 N–H and O–H groups in total. The minimum atomic E-state index is -0.647. The predicted molar refractivity (Wildman–Crippen MR) is 125 cm³/mol. The predicted octanol–water partition coefficient (Wildman–Crippen LogP) is 3.90. The number of aliphatic hydroxyl groups excluding tert-OH is 1. The van der Waals surface area contributed by atoms with Crippen molar-refractivity contribution in [2.75, 3.05) is 20.2 Å². The molecule has 0 aliphatic rings. The Morgan fingerprint density at radius 2 is 1.93 bits per heavy atom. The quantitative estimate of drug-likeness (QED) is 0.291. The Morgan fingerprint density at radius 3 is 2.48 bits per heavy atom. The number of guanidine groups is 1. The minimum absolute atomic E-state index is 0. The Hall–Kier alpha value is -1.32. The van der Waals surface area contributed by atoms with Crippen LogP contribution in [-0.4, -0.2) is 37.3 Å². The number of rotatable bonds is 8. The van der Waals surface area contributed by atoms with Gasteiger partial charge < -0.3 is 20.5 Å². The van der Waals surface area contributed by atoms with Gasteiger partial charge in [-0.05, 0) is 50.6 Å². The second-order valence-corrected chi connectivity index (χ2v) is 7.64. The molecule has 150 valence electrons. The van der Waals surface area contributed by atoms with Crippen LogP contribution in [0.4, 0.5) is 0 Å². The van der Waals surface area contributed by atoms with Gasteiger partial charge in [-0.25, -0.2) is 0 Å². The van der Waals surface area contributed by atoms with E-state index in [0.717, 1.165) is 30.2 Å². The number of hydrogen-bond acceptors (Lipinski definition) is 4. The van der Waals surface area contributed by atoms with Crippen molar-refractivity contribution in [1.29, 1.82) is 0 Å². The summed E-state index contributed by atoms with van der Waals surface area (Å²) in [4.78, 5) is 7.22. The summed E-state index contributed by atoms with van der Waals surface area (Å²) >= 11 is 1.82. The Kier molecular flexibility index (Phi) is 10.7. The van der Waals surface area contributed by atoms with E-state index in [1.54, 1.807) is 7.11 Å². The highest BCUT2D eigenvalue weighted by Crippen LogP contribution is 2.18. The van der Waals surface area contributed by atoms with Crippen molar-refractivity contribution in [3.05, 3.63) is 51.7 Å². The third kappa shape index (κ3) is 8.06. The van der Waals surface area contributed by atoms with Crippen LogP contribution in [0.2, 0.25) is 0 Å². The number of benzene rings is 1. The van der Waals surface area contributed by atoms with Crippen LogP contribution in [0.15, 0.2) is 41.4 Å². The average Bonchev–Trinajstić information content (AvgIpc) is 3.04. The zero-order valence-electron chi connectivity index (χ0n) is 16.4. The van der Waals surface area contributed by atoms with Gasteiger partial charge in [0.05, 0.1) is 19.8 Å². The van der Waals surface area contributed by atoms with Crippen LogP contribution in [0.1, 0.15) is 35.3 Å². The number of aliphatic hydroxyl groups is 1. The molecule has 2 rings (SSSR count). The lowest BCUT2D eigenvalue weighted by molar-refractivity contribution is 0.187. The molecule has 0 saturated heterocycles. The summed E-state index contributed by atoms with van der Waals surface area (Å²) in [6.07, 6.45) is 0.302. The van der Waals surface area contributed by atoms with Crippen LogP contribution in [-0.2, 0) is 6.42 Å². The van der Waals surface area contributed by atoms with E-state index in [2.05, 4.69) is 41.6 Å². The molecule has 0 saturated carbocycles. The zero-order chi connectivity index (χ0) is 18.9. The molecule has 2 unspecified atom stereocenters. The molecular weight excluding hydrogens is 473 g/mol. The molecule has 0 aliphatic carbocycles. The molecule has 0 spiro atoms. The summed E-state index contributed by atoms with van der Waals surface area (Å²) < 4.78 is 5.14. The van der Waals surface area contributed by atoms with Gasteiger partial charge in [-0.1, -0.05) is 12.1 Å². The van der Waals surface area contributed by atoms with Crippen molar-refractivity contribution in [2.24, 2.45) is 4.99 Å². The minimum Gasteiger partial charge on any atom is -0.497 e. The molecule has 0 fully saturated rings. The van der Waals surface area contributed by atoms with Gasteiger partial charge in [0.1, 0.15) is 5.75 Å². The fourth-order valence-corrected chi connectivity index (χ4v) is 3.63. The molecule has 7 heteroatoms.